The Balaban J connectivity index is 2.00. The van der Waals surface area contributed by atoms with Crippen LogP contribution in [-0.2, 0) is 9.59 Å². The van der Waals surface area contributed by atoms with Crippen LogP contribution in [0.3, 0.4) is 0 Å². The number of nitrogens with zero attached hydrogens (tertiary/aromatic N) is 3. The van der Waals surface area contributed by atoms with Crippen molar-refractivity contribution >= 4 is 33.9 Å². The Morgan fingerprint density at radius 1 is 1.09 bits per heavy atom. The van der Waals surface area contributed by atoms with E-state index in [-0.39, 0.29) is 28.0 Å². The van der Waals surface area contributed by atoms with Gasteiger partial charge in [-0.05, 0) is 50.1 Å². The van der Waals surface area contributed by atoms with Crippen LogP contribution < -0.4 is 9.64 Å². The highest BCUT2D eigenvalue weighted by molar-refractivity contribution is 7.15. The van der Waals surface area contributed by atoms with Crippen molar-refractivity contribution in [1.29, 1.82) is 0 Å². The molecule has 164 valence electrons. The van der Waals surface area contributed by atoms with Gasteiger partial charge in [0.05, 0.1) is 18.7 Å². The van der Waals surface area contributed by atoms with E-state index in [4.69, 9.17) is 4.74 Å². The number of hydrogen-bond acceptors (Lipinski definition) is 8. The van der Waals surface area contributed by atoms with Gasteiger partial charge >= 0.3 is 5.91 Å². The smallest absolute Gasteiger partial charge is 0.301 e. The van der Waals surface area contributed by atoms with Gasteiger partial charge in [-0.1, -0.05) is 35.1 Å². The number of aromatic nitrogens is 2. The molecule has 0 spiro atoms. The normalized spacial score (nSPS) is 17.8. The Hall–Kier alpha value is -3.72. The van der Waals surface area contributed by atoms with Gasteiger partial charge in [0.15, 0.2) is 11.5 Å². The molecular formula is C23H21N3O5S. The SMILES string of the molecule is COc1cc(C2C(=C(O)c3cc(C)ccc3C)C(=O)C(=O)N2c2nnc(C)s2)ccc1O. The van der Waals surface area contributed by atoms with E-state index in [0.29, 0.717) is 16.1 Å². The first-order valence-electron chi connectivity index (χ1n) is 9.78. The lowest BCUT2D eigenvalue weighted by Crippen LogP contribution is -2.29. The minimum atomic E-state index is -0.975. The summed E-state index contributed by atoms with van der Waals surface area (Å²) in [6.07, 6.45) is 0. The maximum Gasteiger partial charge on any atom is 0.301 e. The molecular weight excluding hydrogens is 430 g/mol. The first-order valence-corrected chi connectivity index (χ1v) is 10.6. The standard InChI is InChI=1S/C23H21N3O5S/c1-11-5-6-12(2)15(9-11)20(28)18-19(14-7-8-16(27)17(10-14)31-4)26(22(30)21(18)29)23-25-24-13(3)32-23/h5-10,19,27-28H,1-4H3. The van der Waals surface area contributed by atoms with Crippen LogP contribution in [0.1, 0.15) is 33.3 Å². The topological polar surface area (TPSA) is 113 Å². The number of aryl methyl sites for hydroxylation is 3. The predicted octanol–water partition coefficient (Wildman–Crippen LogP) is 3.80. The number of aromatic hydroxyl groups is 1. The van der Waals surface area contributed by atoms with Crippen molar-refractivity contribution < 1.29 is 24.5 Å². The van der Waals surface area contributed by atoms with Crippen LogP contribution in [0.15, 0.2) is 42.0 Å². The number of carbonyl (C=O) groups is 2. The van der Waals surface area contributed by atoms with Crippen LogP contribution in [-0.4, -0.2) is 39.2 Å². The number of amides is 1. The molecule has 32 heavy (non-hydrogen) atoms. The lowest BCUT2D eigenvalue weighted by molar-refractivity contribution is -0.132. The van der Waals surface area contributed by atoms with E-state index in [9.17, 15) is 19.8 Å². The van der Waals surface area contributed by atoms with Gasteiger partial charge in [0.25, 0.3) is 5.78 Å². The summed E-state index contributed by atoms with van der Waals surface area (Å²) in [6, 6.07) is 9.05. The molecule has 0 bridgehead atoms. The number of benzene rings is 2. The average molecular weight is 452 g/mol. The molecule has 9 heteroatoms. The van der Waals surface area contributed by atoms with Crippen LogP contribution >= 0.6 is 11.3 Å². The van der Waals surface area contributed by atoms with E-state index in [2.05, 4.69) is 10.2 Å². The zero-order valence-corrected chi connectivity index (χ0v) is 18.7. The van der Waals surface area contributed by atoms with Gasteiger partial charge in [-0.3, -0.25) is 14.5 Å². The third-order valence-corrected chi connectivity index (χ3v) is 6.17. The molecule has 1 fully saturated rings. The van der Waals surface area contributed by atoms with Crippen molar-refractivity contribution in [3.63, 3.8) is 0 Å². The number of ketones is 1. The molecule has 0 saturated carbocycles. The fourth-order valence-corrected chi connectivity index (χ4v) is 4.44. The quantitative estimate of drug-likeness (QED) is 0.352. The monoisotopic (exact) mass is 451 g/mol. The number of phenolic OH excluding ortho intramolecular Hbond substituents is 1. The Labute approximate surface area is 188 Å². The molecule has 1 aromatic heterocycles. The predicted molar refractivity (Wildman–Crippen MR) is 120 cm³/mol. The number of carbonyl (C=O) groups excluding carboxylic acids is 2. The highest BCUT2D eigenvalue weighted by Gasteiger charge is 2.48. The molecule has 4 rings (SSSR count). The molecule has 1 aliphatic rings. The van der Waals surface area contributed by atoms with Gasteiger partial charge in [-0.25, -0.2) is 0 Å². The van der Waals surface area contributed by atoms with Gasteiger partial charge in [0, 0.05) is 5.56 Å². The second-order valence-corrected chi connectivity index (χ2v) is 8.68. The summed E-state index contributed by atoms with van der Waals surface area (Å²) < 4.78 is 5.22. The van der Waals surface area contributed by atoms with Crippen LogP contribution in [0.25, 0.3) is 5.76 Å². The zero-order valence-electron chi connectivity index (χ0n) is 17.9. The number of methoxy groups -OCH3 is 1. The number of ether oxygens (including phenoxy) is 1. The van der Waals surface area contributed by atoms with Crippen LogP contribution in [0.2, 0.25) is 0 Å². The molecule has 0 radical (unpaired) electrons. The summed E-state index contributed by atoms with van der Waals surface area (Å²) in [6.45, 7) is 5.44. The van der Waals surface area contributed by atoms with Crippen LogP contribution in [0.4, 0.5) is 5.13 Å². The minimum absolute atomic E-state index is 0.0655. The summed E-state index contributed by atoms with van der Waals surface area (Å²) in [4.78, 5) is 27.5. The lowest BCUT2D eigenvalue weighted by atomic mass is 9.93. The van der Waals surface area contributed by atoms with Gasteiger partial charge < -0.3 is 14.9 Å². The van der Waals surface area contributed by atoms with Crippen molar-refractivity contribution in [3.05, 3.63) is 69.2 Å². The molecule has 1 aliphatic heterocycles. The van der Waals surface area contributed by atoms with Crippen molar-refractivity contribution in [1.82, 2.24) is 10.2 Å². The van der Waals surface area contributed by atoms with Crippen molar-refractivity contribution in [3.8, 4) is 11.5 Å². The summed E-state index contributed by atoms with van der Waals surface area (Å²) in [5.74, 6) is -1.83. The van der Waals surface area contributed by atoms with Crippen molar-refractivity contribution in [2.75, 3.05) is 12.0 Å². The Morgan fingerprint density at radius 2 is 1.84 bits per heavy atom. The fraction of sp³-hybridized carbons (Fsp3) is 0.217. The van der Waals surface area contributed by atoms with Crippen molar-refractivity contribution in [2.45, 2.75) is 26.8 Å². The van der Waals surface area contributed by atoms with Gasteiger partial charge in [-0.2, -0.15) is 0 Å². The van der Waals surface area contributed by atoms with E-state index in [1.54, 1.807) is 19.1 Å². The average Bonchev–Trinajstić information content (AvgIpc) is 3.30. The maximum absolute atomic E-state index is 13.2. The number of Topliss-reactive ketones (excluding diaryl/α,β-unsaturated/α-hetero) is 1. The van der Waals surface area contributed by atoms with Gasteiger partial charge in [0.2, 0.25) is 5.13 Å². The molecule has 0 aliphatic carbocycles. The third kappa shape index (κ3) is 3.50. The summed E-state index contributed by atoms with van der Waals surface area (Å²) >= 11 is 1.16. The second-order valence-electron chi connectivity index (χ2n) is 7.52. The third-order valence-electron chi connectivity index (χ3n) is 5.33. The Morgan fingerprint density at radius 3 is 2.50 bits per heavy atom. The molecule has 2 N–H and O–H groups in total. The molecule has 1 unspecified atom stereocenters. The molecule has 1 atom stereocenters. The number of phenols is 1. The van der Waals surface area contributed by atoms with E-state index in [1.807, 2.05) is 26.0 Å². The molecule has 2 aromatic carbocycles. The molecule has 8 nitrogen and oxygen atoms in total. The fourth-order valence-electron chi connectivity index (χ4n) is 3.73. The summed E-state index contributed by atoms with van der Waals surface area (Å²) in [5.41, 5.74) is 2.53. The van der Waals surface area contributed by atoms with Gasteiger partial charge in [-0.15, -0.1) is 10.2 Å². The van der Waals surface area contributed by atoms with Crippen LogP contribution in [0.5, 0.6) is 11.5 Å². The number of aliphatic hydroxyl groups excluding tert-OH is 1. The highest BCUT2D eigenvalue weighted by atomic mass is 32.1. The molecule has 2 heterocycles. The minimum Gasteiger partial charge on any atom is -0.507 e. The molecule has 3 aromatic rings. The van der Waals surface area contributed by atoms with Gasteiger partial charge in [0.1, 0.15) is 10.8 Å². The number of anilines is 1. The van der Waals surface area contributed by atoms with E-state index < -0.39 is 17.7 Å². The number of hydrogen-bond donors (Lipinski definition) is 2. The zero-order chi connectivity index (χ0) is 23.2. The summed E-state index contributed by atoms with van der Waals surface area (Å²) in [5, 5.41) is 30.2. The van der Waals surface area contributed by atoms with Crippen molar-refractivity contribution in [2.24, 2.45) is 0 Å². The molecule has 1 amide bonds. The largest absolute Gasteiger partial charge is 0.507 e. The first-order chi connectivity index (χ1) is 15.2. The van der Waals surface area contributed by atoms with E-state index >= 15 is 0 Å². The van der Waals surface area contributed by atoms with Crippen LogP contribution in [0, 0.1) is 20.8 Å². The highest BCUT2D eigenvalue weighted by Crippen LogP contribution is 2.44. The Kier molecular flexibility index (Phi) is 5.43. The number of aliphatic hydroxyl groups is 1. The van der Waals surface area contributed by atoms with E-state index in [1.165, 1.54) is 24.1 Å². The second kappa shape index (κ2) is 8.08. The Bertz CT molecular complexity index is 1280. The summed E-state index contributed by atoms with van der Waals surface area (Å²) in [7, 11) is 1.40. The maximum atomic E-state index is 13.2. The van der Waals surface area contributed by atoms with E-state index in [0.717, 1.165) is 22.5 Å². The number of rotatable bonds is 4. The lowest BCUT2D eigenvalue weighted by Gasteiger charge is -2.23. The molecule has 1 saturated heterocycles. The first kappa shape index (κ1) is 21.5.